The number of amides is 1. The van der Waals surface area contributed by atoms with Crippen molar-refractivity contribution < 1.29 is 14.3 Å². The summed E-state index contributed by atoms with van der Waals surface area (Å²) in [6.07, 6.45) is 0. The fraction of sp³-hybridized carbons (Fsp3) is 0.185. The summed E-state index contributed by atoms with van der Waals surface area (Å²) in [5.41, 5.74) is 5.63. The third-order valence-electron chi connectivity index (χ3n) is 6.16. The normalized spacial score (nSPS) is 14.9. The first-order chi connectivity index (χ1) is 16.9. The van der Waals surface area contributed by atoms with E-state index in [9.17, 15) is 4.79 Å². The largest absolute Gasteiger partial charge is 0.495 e. The van der Waals surface area contributed by atoms with Gasteiger partial charge in [-0.05, 0) is 31.5 Å². The van der Waals surface area contributed by atoms with Crippen molar-refractivity contribution in [1.29, 1.82) is 0 Å². The van der Waals surface area contributed by atoms with Crippen molar-refractivity contribution in [3.05, 3.63) is 88.1 Å². The van der Waals surface area contributed by atoms with Crippen LogP contribution in [-0.4, -0.2) is 29.7 Å². The number of aromatic nitrogens is 2. The van der Waals surface area contributed by atoms with Crippen molar-refractivity contribution in [2.75, 3.05) is 24.9 Å². The van der Waals surface area contributed by atoms with Crippen LogP contribution in [0.2, 0.25) is 5.02 Å². The number of methoxy groups -OCH3 is 2. The lowest BCUT2D eigenvalue weighted by Gasteiger charge is -2.31. The molecule has 8 heteroatoms. The maximum absolute atomic E-state index is 13.9. The zero-order valence-corrected chi connectivity index (χ0v) is 20.6. The van der Waals surface area contributed by atoms with Crippen LogP contribution in [0.15, 0.2) is 71.9 Å². The van der Waals surface area contributed by atoms with Crippen molar-refractivity contribution in [1.82, 2.24) is 9.55 Å². The maximum Gasteiger partial charge on any atom is 0.255 e. The summed E-state index contributed by atoms with van der Waals surface area (Å²) in [6, 6.07) is 19.0. The second kappa shape index (κ2) is 9.00. The molecule has 3 aromatic carbocycles. The fourth-order valence-corrected chi connectivity index (χ4v) is 4.79. The number of carbonyl (C=O) groups excluding carboxylic acids is 1. The number of nitrogens with zero attached hydrogens (tertiary/aromatic N) is 2. The Kier molecular flexibility index (Phi) is 5.86. The number of ether oxygens (including phenoxy) is 2. The number of nitrogens with one attached hydrogen (secondary N) is 2. The smallest absolute Gasteiger partial charge is 0.255 e. The van der Waals surface area contributed by atoms with Gasteiger partial charge in [-0.3, -0.25) is 9.36 Å². The minimum Gasteiger partial charge on any atom is -0.495 e. The number of anilines is 2. The molecule has 0 unspecified atom stereocenters. The Hall–Kier alpha value is -3.97. The number of imidazole rings is 1. The molecule has 35 heavy (non-hydrogen) atoms. The van der Waals surface area contributed by atoms with Crippen LogP contribution in [0.25, 0.3) is 11.0 Å². The van der Waals surface area contributed by atoms with Crippen molar-refractivity contribution in [2.45, 2.75) is 19.9 Å². The van der Waals surface area contributed by atoms with Crippen LogP contribution in [0, 0.1) is 6.92 Å². The van der Waals surface area contributed by atoms with E-state index in [0.717, 1.165) is 27.9 Å². The highest BCUT2D eigenvalue weighted by molar-refractivity contribution is 6.32. The van der Waals surface area contributed by atoms with E-state index in [-0.39, 0.29) is 5.91 Å². The number of hydrogen-bond donors (Lipinski definition) is 2. The van der Waals surface area contributed by atoms with E-state index < -0.39 is 6.04 Å². The van der Waals surface area contributed by atoms with E-state index in [1.165, 1.54) is 14.2 Å². The van der Waals surface area contributed by atoms with Crippen LogP contribution in [0.5, 0.6) is 11.5 Å². The number of halogens is 1. The van der Waals surface area contributed by atoms with E-state index >= 15 is 0 Å². The van der Waals surface area contributed by atoms with Gasteiger partial charge in [0, 0.05) is 17.8 Å². The highest BCUT2D eigenvalue weighted by Crippen LogP contribution is 2.41. The first kappa shape index (κ1) is 22.8. The average Bonchev–Trinajstić information content (AvgIpc) is 3.21. The minimum absolute atomic E-state index is 0.271. The highest BCUT2D eigenvalue weighted by Gasteiger charge is 2.34. The first-order valence-corrected chi connectivity index (χ1v) is 11.5. The lowest BCUT2D eigenvalue weighted by atomic mass is 9.93. The third kappa shape index (κ3) is 3.98. The Balaban J connectivity index is 1.65. The molecule has 0 radical (unpaired) electrons. The van der Waals surface area contributed by atoms with Crippen molar-refractivity contribution >= 4 is 40.2 Å². The van der Waals surface area contributed by atoms with Gasteiger partial charge in [0.1, 0.15) is 11.5 Å². The molecule has 1 aliphatic rings. The number of rotatable bonds is 5. The molecule has 5 rings (SSSR count). The summed E-state index contributed by atoms with van der Waals surface area (Å²) in [4.78, 5) is 18.7. The third-order valence-corrected chi connectivity index (χ3v) is 6.45. The molecule has 2 N–H and O–H groups in total. The van der Waals surface area contributed by atoms with E-state index in [1.807, 2.05) is 56.3 Å². The molecule has 0 spiro atoms. The number of hydrogen-bond acceptors (Lipinski definition) is 5. The SMILES string of the molecule is COc1cc(NC(=O)C2=C(C)Nc3nc4ccccc4n3[C@H]2c2cccc(C)c2)c(OC)cc1Cl. The Morgan fingerprint density at radius 3 is 2.54 bits per heavy atom. The van der Waals surface area contributed by atoms with E-state index in [0.29, 0.717) is 33.7 Å². The molecule has 0 fully saturated rings. The molecule has 178 valence electrons. The standard InChI is InChI=1S/C27H25ClN4O3/c1-15-8-7-9-17(12-15)25-24(16(2)29-27-31-19-10-5-6-11-21(19)32(25)27)26(33)30-20-14-22(34-3)18(28)13-23(20)35-4/h5-14,25H,1-4H3,(H,29,31)(H,30,33)/t25-/m0/s1. The number of carbonyl (C=O) groups is 1. The number of aryl methyl sites for hydroxylation is 1. The van der Waals surface area contributed by atoms with Gasteiger partial charge in [0.25, 0.3) is 5.91 Å². The Morgan fingerprint density at radius 2 is 1.80 bits per heavy atom. The van der Waals surface area contributed by atoms with Crippen LogP contribution < -0.4 is 20.1 Å². The summed E-state index contributed by atoms with van der Waals surface area (Å²) in [5.74, 6) is 1.30. The molecule has 4 aromatic rings. The van der Waals surface area contributed by atoms with Crippen molar-refractivity contribution in [3.63, 3.8) is 0 Å². The quantitative estimate of drug-likeness (QED) is 0.363. The van der Waals surface area contributed by atoms with Gasteiger partial charge in [-0.25, -0.2) is 4.98 Å². The summed E-state index contributed by atoms with van der Waals surface area (Å²) >= 11 is 6.26. The van der Waals surface area contributed by atoms with Gasteiger partial charge < -0.3 is 20.1 Å². The summed E-state index contributed by atoms with van der Waals surface area (Å²) in [7, 11) is 3.05. The fourth-order valence-electron chi connectivity index (χ4n) is 4.56. The lowest BCUT2D eigenvalue weighted by molar-refractivity contribution is -0.113. The van der Waals surface area contributed by atoms with Crippen LogP contribution in [0.3, 0.4) is 0 Å². The molecule has 1 aromatic heterocycles. The second-order valence-electron chi connectivity index (χ2n) is 8.42. The van der Waals surface area contributed by atoms with Crippen molar-refractivity contribution in [3.8, 4) is 11.5 Å². The Bertz CT molecular complexity index is 1490. The van der Waals surface area contributed by atoms with Crippen LogP contribution in [0.1, 0.15) is 24.1 Å². The van der Waals surface area contributed by atoms with Crippen LogP contribution in [0.4, 0.5) is 11.6 Å². The number of fused-ring (bicyclic) bond motifs is 3. The Labute approximate surface area is 208 Å². The summed E-state index contributed by atoms with van der Waals surface area (Å²) in [6.45, 7) is 3.93. The zero-order chi connectivity index (χ0) is 24.7. The maximum atomic E-state index is 13.9. The van der Waals surface area contributed by atoms with Gasteiger partial charge in [0.15, 0.2) is 0 Å². The second-order valence-corrected chi connectivity index (χ2v) is 8.82. The van der Waals surface area contributed by atoms with Gasteiger partial charge in [-0.1, -0.05) is 53.6 Å². The average molecular weight is 489 g/mol. The van der Waals surface area contributed by atoms with Gasteiger partial charge in [-0.2, -0.15) is 0 Å². The van der Waals surface area contributed by atoms with Crippen LogP contribution in [-0.2, 0) is 4.79 Å². The highest BCUT2D eigenvalue weighted by atomic mass is 35.5. The zero-order valence-electron chi connectivity index (χ0n) is 19.8. The molecule has 0 saturated carbocycles. The van der Waals surface area contributed by atoms with Gasteiger partial charge in [-0.15, -0.1) is 0 Å². The van der Waals surface area contributed by atoms with Gasteiger partial charge >= 0.3 is 0 Å². The predicted molar refractivity (Wildman–Crippen MR) is 139 cm³/mol. The molecule has 1 atom stereocenters. The number of para-hydroxylation sites is 2. The van der Waals surface area contributed by atoms with Crippen molar-refractivity contribution in [2.24, 2.45) is 0 Å². The Morgan fingerprint density at radius 1 is 1.03 bits per heavy atom. The van der Waals surface area contributed by atoms with Gasteiger partial charge in [0.05, 0.1) is 47.6 Å². The molecular formula is C27H25ClN4O3. The van der Waals surface area contributed by atoms with E-state index in [2.05, 4.69) is 21.3 Å². The molecule has 0 saturated heterocycles. The lowest BCUT2D eigenvalue weighted by Crippen LogP contribution is -2.31. The molecule has 1 amide bonds. The van der Waals surface area contributed by atoms with E-state index in [4.69, 9.17) is 26.1 Å². The minimum atomic E-state index is -0.390. The molecule has 2 heterocycles. The predicted octanol–water partition coefficient (Wildman–Crippen LogP) is 5.94. The first-order valence-electron chi connectivity index (χ1n) is 11.2. The molecule has 1 aliphatic heterocycles. The molecule has 0 bridgehead atoms. The molecule has 0 aliphatic carbocycles. The number of allylic oxidation sites excluding steroid dienone is 1. The van der Waals surface area contributed by atoms with Gasteiger partial charge in [0.2, 0.25) is 5.95 Å². The number of benzene rings is 3. The summed E-state index contributed by atoms with van der Waals surface area (Å²) in [5, 5.41) is 6.74. The monoisotopic (exact) mass is 488 g/mol. The molecular weight excluding hydrogens is 464 g/mol. The molecule has 7 nitrogen and oxygen atoms in total. The van der Waals surface area contributed by atoms with Crippen LogP contribution >= 0.6 is 11.6 Å². The summed E-state index contributed by atoms with van der Waals surface area (Å²) < 4.78 is 12.9. The van der Waals surface area contributed by atoms with E-state index in [1.54, 1.807) is 12.1 Å². The topological polar surface area (TPSA) is 77.4 Å².